The normalized spacial score (nSPS) is 18.6. The third-order valence-electron chi connectivity index (χ3n) is 7.10. The van der Waals surface area contributed by atoms with Crippen LogP contribution in [0.4, 0.5) is 24.5 Å². The van der Waals surface area contributed by atoms with Gasteiger partial charge in [-0.05, 0) is 55.0 Å². The van der Waals surface area contributed by atoms with E-state index in [0.717, 1.165) is 36.6 Å². The van der Waals surface area contributed by atoms with Gasteiger partial charge in [-0.25, -0.2) is 0 Å². The molecule has 2 fully saturated rings. The summed E-state index contributed by atoms with van der Waals surface area (Å²) in [6.07, 6.45) is -1.36. The SMILES string of the molecule is CC1CN(c2ccc(OC(F)(F)F)cc2)CN1Cc1ccncc1C(=O)N1CCN(c2ccccc2)CC1. The number of hydrogen-bond acceptors (Lipinski definition) is 6. The largest absolute Gasteiger partial charge is 0.573 e. The lowest BCUT2D eigenvalue weighted by Crippen LogP contribution is -2.49. The minimum atomic E-state index is -4.71. The maximum Gasteiger partial charge on any atom is 0.573 e. The molecule has 1 aromatic heterocycles. The summed E-state index contributed by atoms with van der Waals surface area (Å²) >= 11 is 0. The van der Waals surface area contributed by atoms with Gasteiger partial charge in [0, 0.05) is 69.1 Å². The number of ether oxygens (including phenoxy) is 1. The highest BCUT2D eigenvalue weighted by atomic mass is 19.4. The zero-order valence-corrected chi connectivity index (χ0v) is 21.1. The van der Waals surface area contributed by atoms with Crippen molar-refractivity contribution in [2.24, 2.45) is 0 Å². The van der Waals surface area contributed by atoms with Crippen LogP contribution in [0, 0.1) is 0 Å². The molecule has 2 aliphatic rings. The number of alkyl halides is 3. The smallest absolute Gasteiger partial charge is 0.406 e. The lowest BCUT2D eigenvalue weighted by molar-refractivity contribution is -0.274. The molecule has 1 atom stereocenters. The van der Waals surface area contributed by atoms with Crippen molar-refractivity contribution in [1.82, 2.24) is 14.8 Å². The molecule has 7 nitrogen and oxygen atoms in total. The topological polar surface area (TPSA) is 52.2 Å². The summed E-state index contributed by atoms with van der Waals surface area (Å²) in [5, 5.41) is 0. The van der Waals surface area contributed by atoms with Crippen LogP contribution in [0.2, 0.25) is 0 Å². The lowest BCUT2D eigenvalue weighted by atomic mass is 10.1. The monoisotopic (exact) mass is 525 g/mol. The van der Waals surface area contributed by atoms with Crippen molar-refractivity contribution in [2.75, 3.05) is 49.2 Å². The molecule has 3 heterocycles. The quantitative estimate of drug-likeness (QED) is 0.469. The summed E-state index contributed by atoms with van der Waals surface area (Å²) in [4.78, 5) is 26.3. The number of pyridine rings is 1. The van der Waals surface area contributed by atoms with Crippen LogP contribution < -0.4 is 14.5 Å². The average molecular weight is 526 g/mol. The molecule has 2 aromatic carbocycles. The van der Waals surface area contributed by atoms with Gasteiger partial charge in [0.05, 0.1) is 12.2 Å². The van der Waals surface area contributed by atoms with Crippen molar-refractivity contribution in [2.45, 2.75) is 25.9 Å². The van der Waals surface area contributed by atoms with Crippen molar-refractivity contribution in [1.29, 1.82) is 0 Å². The number of benzene rings is 2. The molecule has 0 spiro atoms. The van der Waals surface area contributed by atoms with E-state index in [2.05, 4.69) is 43.5 Å². The van der Waals surface area contributed by atoms with Gasteiger partial charge in [-0.15, -0.1) is 13.2 Å². The molecule has 2 saturated heterocycles. The van der Waals surface area contributed by atoms with Gasteiger partial charge in [0.1, 0.15) is 5.75 Å². The molecule has 0 N–H and O–H groups in total. The van der Waals surface area contributed by atoms with Crippen LogP contribution >= 0.6 is 0 Å². The summed E-state index contributed by atoms with van der Waals surface area (Å²) in [6, 6.07) is 18.2. The molecule has 1 unspecified atom stereocenters. The fourth-order valence-corrected chi connectivity index (χ4v) is 5.05. The second-order valence-corrected chi connectivity index (χ2v) is 9.65. The van der Waals surface area contributed by atoms with Crippen molar-refractivity contribution in [3.05, 3.63) is 84.2 Å². The maximum atomic E-state index is 13.5. The molecule has 38 heavy (non-hydrogen) atoms. The molecule has 1 amide bonds. The second-order valence-electron chi connectivity index (χ2n) is 9.65. The number of amides is 1. The molecular formula is C28H30F3N5O2. The third kappa shape index (κ3) is 6.02. The molecule has 2 aliphatic heterocycles. The van der Waals surface area contributed by atoms with Crippen molar-refractivity contribution in [3.63, 3.8) is 0 Å². The Morgan fingerprint density at radius 2 is 1.63 bits per heavy atom. The van der Waals surface area contributed by atoms with Crippen LogP contribution in [-0.2, 0) is 6.54 Å². The van der Waals surface area contributed by atoms with Crippen molar-refractivity contribution in [3.8, 4) is 5.75 Å². The van der Waals surface area contributed by atoms with Crippen LogP contribution in [0.5, 0.6) is 5.75 Å². The Balaban J connectivity index is 1.22. The molecule has 0 radical (unpaired) electrons. The Morgan fingerprint density at radius 1 is 0.947 bits per heavy atom. The van der Waals surface area contributed by atoms with E-state index in [-0.39, 0.29) is 17.7 Å². The Morgan fingerprint density at radius 3 is 2.32 bits per heavy atom. The number of hydrogen-bond donors (Lipinski definition) is 0. The minimum absolute atomic E-state index is 0.00947. The van der Waals surface area contributed by atoms with Gasteiger partial charge >= 0.3 is 6.36 Å². The number of carbonyl (C=O) groups excluding carboxylic acids is 1. The summed E-state index contributed by atoms with van der Waals surface area (Å²) in [5.41, 5.74) is 3.51. The molecule has 3 aromatic rings. The highest BCUT2D eigenvalue weighted by molar-refractivity contribution is 5.95. The standard InChI is InChI=1S/C28H30F3N5O2/c1-21-18-36(24-7-9-25(10-8-24)38-28(29,30)31)20-35(21)19-22-11-12-32-17-26(22)27(37)34-15-13-33(14-16-34)23-5-3-2-4-6-23/h2-12,17,21H,13-16,18-20H2,1H3. The number of rotatable bonds is 6. The van der Waals surface area contributed by atoms with E-state index in [1.165, 1.54) is 12.1 Å². The third-order valence-corrected chi connectivity index (χ3v) is 7.10. The molecule has 10 heteroatoms. The van der Waals surface area contributed by atoms with E-state index in [9.17, 15) is 18.0 Å². The van der Waals surface area contributed by atoms with Crippen LogP contribution in [0.3, 0.4) is 0 Å². The Kier molecular flexibility index (Phi) is 7.42. The summed E-state index contributed by atoms with van der Waals surface area (Å²) in [6.45, 7) is 6.81. The number of piperazine rings is 1. The highest BCUT2D eigenvalue weighted by Gasteiger charge is 2.32. The Labute approximate surface area is 220 Å². The molecule has 0 bridgehead atoms. The van der Waals surface area contributed by atoms with Crippen molar-refractivity contribution < 1.29 is 22.7 Å². The van der Waals surface area contributed by atoms with Gasteiger partial charge in [0.15, 0.2) is 0 Å². The van der Waals surface area contributed by atoms with E-state index in [4.69, 9.17) is 0 Å². The molecule has 0 aliphatic carbocycles. The van der Waals surface area contributed by atoms with Gasteiger partial charge in [-0.2, -0.15) is 0 Å². The Bertz CT molecular complexity index is 1230. The van der Waals surface area contributed by atoms with Crippen LogP contribution in [0.25, 0.3) is 0 Å². The van der Waals surface area contributed by atoms with E-state index < -0.39 is 6.36 Å². The number of anilines is 2. The first kappa shape index (κ1) is 25.8. The lowest BCUT2D eigenvalue weighted by Gasteiger charge is -2.36. The zero-order valence-electron chi connectivity index (χ0n) is 21.1. The molecule has 200 valence electrons. The number of para-hydroxylation sites is 1. The predicted molar refractivity (Wildman–Crippen MR) is 139 cm³/mol. The Hall–Kier alpha value is -3.79. The molecular weight excluding hydrogens is 495 g/mol. The van der Waals surface area contributed by atoms with Gasteiger partial charge in [-0.1, -0.05) is 18.2 Å². The van der Waals surface area contributed by atoms with Crippen LogP contribution in [0.15, 0.2) is 73.1 Å². The van der Waals surface area contributed by atoms with E-state index in [0.29, 0.717) is 31.9 Å². The minimum Gasteiger partial charge on any atom is -0.406 e. The van der Waals surface area contributed by atoms with Gasteiger partial charge in [0.2, 0.25) is 0 Å². The van der Waals surface area contributed by atoms with Crippen LogP contribution in [0.1, 0.15) is 22.8 Å². The summed E-state index contributed by atoms with van der Waals surface area (Å²) in [7, 11) is 0. The number of aromatic nitrogens is 1. The first-order valence-corrected chi connectivity index (χ1v) is 12.6. The number of carbonyl (C=O) groups is 1. The number of halogens is 3. The van der Waals surface area contributed by atoms with Gasteiger partial charge < -0.3 is 19.4 Å². The predicted octanol–water partition coefficient (Wildman–Crippen LogP) is 4.61. The first-order valence-electron chi connectivity index (χ1n) is 12.6. The highest BCUT2D eigenvalue weighted by Crippen LogP contribution is 2.28. The average Bonchev–Trinajstić information content (AvgIpc) is 3.28. The van der Waals surface area contributed by atoms with Gasteiger partial charge in [0.25, 0.3) is 5.91 Å². The molecule has 0 saturated carbocycles. The maximum absolute atomic E-state index is 13.5. The van der Waals surface area contributed by atoms with Crippen molar-refractivity contribution >= 4 is 17.3 Å². The van der Waals surface area contributed by atoms with Crippen LogP contribution in [-0.4, -0.2) is 72.5 Å². The summed E-state index contributed by atoms with van der Waals surface area (Å²) < 4.78 is 41.4. The number of nitrogens with zero attached hydrogens (tertiary/aromatic N) is 5. The second kappa shape index (κ2) is 10.9. The fourth-order valence-electron chi connectivity index (χ4n) is 5.05. The zero-order chi connectivity index (χ0) is 26.7. The van der Waals surface area contributed by atoms with E-state index >= 15 is 0 Å². The molecule has 5 rings (SSSR count). The van der Waals surface area contributed by atoms with E-state index in [1.54, 1.807) is 24.5 Å². The fraction of sp³-hybridized carbons (Fsp3) is 0.357. The van der Waals surface area contributed by atoms with Gasteiger partial charge in [-0.3, -0.25) is 14.7 Å². The first-order chi connectivity index (χ1) is 18.3. The summed E-state index contributed by atoms with van der Waals surface area (Å²) in [5.74, 6) is -0.250. The van der Waals surface area contributed by atoms with E-state index in [1.807, 2.05) is 29.2 Å².